The van der Waals surface area contributed by atoms with E-state index >= 15 is 0 Å². The minimum atomic E-state index is -2.98. The summed E-state index contributed by atoms with van der Waals surface area (Å²) < 4.78 is 32.8. The molecule has 1 aliphatic heterocycles. The average Bonchev–Trinajstić information content (AvgIpc) is 3.31. The second kappa shape index (κ2) is 15.0. The number of hydrogen-bond acceptors (Lipinski definition) is 6. The SMILES string of the molecule is [B][C@@H]1O[C@](CC#C)(CO[Si](c2ccccc2)(c2ccccc2)C(C)(C)C)[C@@H](OCc2ccccc2)[C@H]1OC(=S)Oc1ccc(C)cc1. The predicted molar refractivity (Wildman–Crippen MR) is 195 cm³/mol. The molecular formula is C39H41BO5SSi. The van der Waals surface area contributed by atoms with Crippen molar-refractivity contribution >= 4 is 44.0 Å². The Morgan fingerprint density at radius 1 is 0.894 bits per heavy atom. The van der Waals surface area contributed by atoms with Crippen LogP contribution in [-0.2, 0) is 25.2 Å². The summed E-state index contributed by atoms with van der Waals surface area (Å²) in [5.41, 5.74) is 0.928. The van der Waals surface area contributed by atoms with Crippen LogP contribution in [0.15, 0.2) is 115 Å². The lowest BCUT2D eigenvalue weighted by Gasteiger charge is -2.45. The molecule has 0 unspecified atom stereocenters. The Kier molecular flexibility index (Phi) is 11.1. The van der Waals surface area contributed by atoms with Gasteiger partial charge in [0, 0.05) is 18.6 Å². The van der Waals surface area contributed by atoms with Crippen molar-refractivity contribution in [2.24, 2.45) is 0 Å². The van der Waals surface area contributed by atoms with Gasteiger partial charge in [-0.1, -0.05) is 129 Å². The number of thiocarbonyl (C=S) groups is 1. The molecule has 0 saturated carbocycles. The fourth-order valence-electron chi connectivity index (χ4n) is 6.32. The Morgan fingerprint density at radius 3 is 1.98 bits per heavy atom. The van der Waals surface area contributed by atoms with E-state index in [2.05, 4.69) is 75.2 Å². The van der Waals surface area contributed by atoms with E-state index in [9.17, 15) is 0 Å². The molecule has 0 N–H and O–H groups in total. The van der Waals surface area contributed by atoms with Crippen molar-refractivity contribution in [2.45, 2.75) is 69.6 Å². The third-order valence-electron chi connectivity index (χ3n) is 8.59. The van der Waals surface area contributed by atoms with Crippen LogP contribution >= 0.6 is 12.2 Å². The highest BCUT2D eigenvalue weighted by Crippen LogP contribution is 2.42. The molecule has 1 fully saturated rings. The van der Waals surface area contributed by atoms with Crippen molar-refractivity contribution in [3.05, 3.63) is 126 Å². The number of benzene rings is 4. The van der Waals surface area contributed by atoms with Crippen molar-refractivity contribution in [1.29, 1.82) is 0 Å². The van der Waals surface area contributed by atoms with E-state index in [0.717, 1.165) is 21.5 Å². The highest BCUT2D eigenvalue weighted by atomic mass is 32.1. The summed E-state index contributed by atoms with van der Waals surface area (Å²) in [4.78, 5) is 0. The molecule has 4 atom stereocenters. The topological polar surface area (TPSA) is 46.2 Å². The largest absolute Gasteiger partial charge is 0.448 e. The molecule has 0 amide bonds. The van der Waals surface area contributed by atoms with Crippen LogP contribution in [-0.4, -0.2) is 51.8 Å². The average molecular weight is 661 g/mol. The van der Waals surface area contributed by atoms with Gasteiger partial charge >= 0.3 is 5.24 Å². The highest BCUT2D eigenvalue weighted by molar-refractivity contribution is 7.79. The molecule has 1 saturated heterocycles. The quantitative estimate of drug-likeness (QED) is 0.104. The van der Waals surface area contributed by atoms with Gasteiger partial charge in [-0.25, -0.2) is 0 Å². The smallest absolute Gasteiger partial charge is 0.358 e. The first-order chi connectivity index (χ1) is 22.6. The van der Waals surface area contributed by atoms with E-state index in [-0.39, 0.29) is 29.9 Å². The normalized spacial score (nSPS) is 21.1. The Labute approximate surface area is 287 Å². The molecule has 4 aromatic carbocycles. The van der Waals surface area contributed by atoms with E-state index < -0.39 is 32.1 Å². The highest BCUT2D eigenvalue weighted by Gasteiger charge is 2.58. The van der Waals surface area contributed by atoms with Crippen molar-refractivity contribution in [1.82, 2.24) is 0 Å². The third kappa shape index (κ3) is 7.72. The lowest BCUT2D eigenvalue weighted by atomic mass is 9.87. The Morgan fingerprint density at radius 2 is 1.45 bits per heavy atom. The van der Waals surface area contributed by atoms with Gasteiger partial charge in [0.1, 0.15) is 31.4 Å². The summed E-state index contributed by atoms with van der Waals surface area (Å²) in [6, 6.07) is 37.4. The zero-order chi connectivity index (χ0) is 33.5. The van der Waals surface area contributed by atoms with Crippen LogP contribution in [0.3, 0.4) is 0 Å². The standard InChI is InChI=1S/C39H41BO5SSi/c1-6-26-39(28-42-47(38(3,4)5,32-18-12-8-13-19-32)33-20-14-9-15-21-33)35(41-27-30-16-10-7-11-17-30)34(36(40)45-39)44-37(46)43-31-24-22-29(2)23-25-31/h1,7-25,34-36H,26-28H2,2-5H3/t34-,35+,36-,39-/m1/s1. The van der Waals surface area contributed by atoms with Gasteiger partial charge in [-0.05, 0) is 40.0 Å². The van der Waals surface area contributed by atoms with Crippen molar-refractivity contribution in [2.75, 3.05) is 6.61 Å². The molecule has 4 aromatic rings. The minimum absolute atomic E-state index is 0.0874. The molecule has 1 heterocycles. The third-order valence-corrected chi connectivity index (χ3v) is 13.8. The Balaban J connectivity index is 1.52. The molecule has 0 bridgehead atoms. The van der Waals surface area contributed by atoms with Gasteiger partial charge in [0.25, 0.3) is 8.32 Å². The summed E-state index contributed by atoms with van der Waals surface area (Å²) in [5, 5.41) is 1.92. The number of hydrogen-bond donors (Lipinski definition) is 0. The summed E-state index contributed by atoms with van der Waals surface area (Å²) in [5.74, 6) is 3.38. The van der Waals surface area contributed by atoms with Crippen molar-refractivity contribution < 1.29 is 23.4 Å². The molecule has 0 spiro atoms. The van der Waals surface area contributed by atoms with Crippen LogP contribution in [0.5, 0.6) is 5.75 Å². The molecule has 47 heavy (non-hydrogen) atoms. The summed E-state index contributed by atoms with van der Waals surface area (Å²) in [6.07, 6.45) is 4.66. The van der Waals surface area contributed by atoms with E-state index in [4.69, 9.17) is 49.9 Å². The van der Waals surface area contributed by atoms with Gasteiger partial charge < -0.3 is 23.4 Å². The van der Waals surface area contributed by atoms with Crippen molar-refractivity contribution in [3.63, 3.8) is 0 Å². The summed E-state index contributed by atoms with van der Waals surface area (Å²) >= 11 is 5.55. The zero-order valence-electron chi connectivity index (χ0n) is 27.4. The molecule has 0 aliphatic carbocycles. The monoisotopic (exact) mass is 660 g/mol. The van der Waals surface area contributed by atoms with Gasteiger partial charge in [-0.15, -0.1) is 12.3 Å². The second-order valence-electron chi connectivity index (χ2n) is 12.9. The summed E-state index contributed by atoms with van der Waals surface area (Å²) in [6.45, 7) is 9.07. The molecule has 0 aromatic heterocycles. The first-order valence-electron chi connectivity index (χ1n) is 15.8. The maximum Gasteiger partial charge on any atom is 0.358 e. The molecule has 1 aliphatic rings. The number of terminal acetylenes is 1. The zero-order valence-corrected chi connectivity index (χ0v) is 29.2. The van der Waals surface area contributed by atoms with Gasteiger partial charge in [-0.3, -0.25) is 0 Å². The van der Waals surface area contributed by atoms with Gasteiger partial charge in [0.2, 0.25) is 0 Å². The van der Waals surface area contributed by atoms with E-state index in [1.807, 2.05) is 73.7 Å². The minimum Gasteiger partial charge on any atom is -0.448 e. The second-order valence-corrected chi connectivity index (χ2v) is 17.6. The van der Waals surface area contributed by atoms with E-state index in [1.165, 1.54) is 0 Å². The van der Waals surface area contributed by atoms with Gasteiger partial charge in [0.05, 0.1) is 19.2 Å². The van der Waals surface area contributed by atoms with Gasteiger partial charge in [0.15, 0.2) is 0 Å². The fourth-order valence-corrected chi connectivity index (χ4v) is 11.1. The number of aryl methyl sites for hydroxylation is 1. The Hall–Kier alpha value is -3.71. The molecule has 5 nitrogen and oxygen atoms in total. The number of ether oxygens (including phenoxy) is 4. The first-order valence-corrected chi connectivity index (χ1v) is 18.1. The van der Waals surface area contributed by atoms with Crippen LogP contribution in [0.1, 0.15) is 38.3 Å². The molecule has 5 rings (SSSR count). The van der Waals surface area contributed by atoms with Crippen LogP contribution < -0.4 is 15.1 Å². The lowest BCUT2D eigenvalue weighted by molar-refractivity contribution is -0.122. The predicted octanol–water partition coefficient (Wildman–Crippen LogP) is 6.49. The fraction of sp³-hybridized carbons (Fsp3) is 0.308. The van der Waals surface area contributed by atoms with Crippen molar-refractivity contribution in [3.8, 4) is 18.1 Å². The van der Waals surface area contributed by atoms with Crippen LogP contribution in [0, 0.1) is 19.3 Å². The summed E-state index contributed by atoms with van der Waals surface area (Å²) in [7, 11) is 3.72. The lowest BCUT2D eigenvalue weighted by Crippen LogP contribution is -2.68. The Bertz CT molecular complexity index is 1600. The first kappa shape index (κ1) is 34.6. The molecular weight excluding hydrogens is 619 g/mol. The van der Waals surface area contributed by atoms with E-state index in [1.54, 1.807) is 0 Å². The molecule has 240 valence electrons. The van der Waals surface area contributed by atoms with Crippen LogP contribution in [0.25, 0.3) is 0 Å². The van der Waals surface area contributed by atoms with E-state index in [0.29, 0.717) is 5.75 Å². The molecule has 8 heteroatoms. The number of rotatable bonds is 11. The van der Waals surface area contributed by atoms with Crippen LogP contribution in [0.2, 0.25) is 5.04 Å². The van der Waals surface area contributed by atoms with Crippen LogP contribution in [0.4, 0.5) is 0 Å². The molecule has 2 radical (unpaired) electrons. The van der Waals surface area contributed by atoms with Gasteiger partial charge in [-0.2, -0.15) is 0 Å². The maximum absolute atomic E-state index is 7.36. The maximum atomic E-state index is 7.36.